The summed E-state index contributed by atoms with van der Waals surface area (Å²) in [5, 5.41) is 13.9. The van der Waals surface area contributed by atoms with Crippen LogP contribution in [0.2, 0.25) is 0 Å². The normalized spacial score (nSPS) is 20.9. The highest BCUT2D eigenvalue weighted by Crippen LogP contribution is 2.37. The van der Waals surface area contributed by atoms with Crippen LogP contribution in [0.5, 0.6) is 0 Å². The fourth-order valence-electron chi connectivity index (χ4n) is 3.28. The summed E-state index contributed by atoms with van der Waals surface area (Å²) in [4.78, 5) is 4.68. The SMILES string of the molecule is CC1(C)CCCCC1Nc1cc(C#N)c2ccccc2n1. The van der Waals surface area contributed by atoms with Gasteiger partial charge in [-0.25, -0.2) is 4.98 Å². The van der Waals surface area contributed by atoms with Crippen molar-refractivity contribution in [3.05, 3.63) is 35.9 Å². The minimum absolute atomic E-state index is 0.276. The average molecular weight is 279 g/mol. The van der Waals surface area contributed by atoms with Gasteiger partial charge in [0.05, 0.1) is 17.1 Å². The largest absolute Gasteiger partial charge is 0.367 e. The van der Waals surface area contributed by atoms with Gasteiger partial charge in [0.2, 0.25) is 0 Å². The van der Waals surface area contributed by atoms with Crippen molar-refractivity contribution in [3.63, 3.8) is 0 Å². The first-order chi connectivity index (χ1) is 10.1. The lowest BCUT2D eigenvalue weighted by molar-refractivity contribution is 0.216. The Morgan fingerprint density at radius 1 is 1.29 bits per heavy atom. The van der Waals surface area contributed by atoms with Crippen LogP contribution in [0.25, 0.3) is 10.9 Å². The number of pyridine rings is 1. The smallest absolute Gasteiger partial charge is 0.128 e. The molecule has 0 bridgehead atoms. The fraction of sp³-hybridized carbons (Fsp3) is 0.444. The molecule has 1 saturated carbocycles. The molecule has 0 radical (unpaired) electrons. The maximum absolute atomic E-state index is 9.36. The predicted octanol–water partition coefficient (Wildman–Crippen LogP) is 4.49. The van der Waals surface area contributed by atoms with Crippen LogP contribution in [0.15, 0.2) is 30.3 Å². The Morgan fingerprint density at radius 2 is 2.10 bits per heavy atom. The van der Waals surface area contributed by atoms with Gasteiger partial charge in [-0.1, -0.05) is 44.9 Å². The van der Waals surface area contributed by atoms with Crippen molar-refractivity contribution in [1.29, 1.82) is 5.26 Å². The number of rotatable bonds is 2. The highest BCUT2D eigenvalue weighted by Gasteiger charge is 2.32. The molecule has 3 nitrogen and oxygen atoms in total. The molecule has 1 heterocycles. The van der Waals surface area contributed by atoms with Crippen molar-refractivity contribution >= 4 is 16.7 Å². The van der Waals surface area contributed by atoms with Crippen LogP contribution >= 0.6 is 0 Å². The lowest BCUT2D eigenvalue weighted by Gasteiger charge is -2.39. The number of anilines is 1. The summed E-state index contributed by atoms with van der Waals surface area (Å²) in [5.74, 6) is 0.824. The Morgan fingerprint density at radius 3 is 2.86 bits per heavy atom. The van der Waals surface area contributed by atoms with E-state index in [1.807, 2.05) is 30.3 Å². The topological polar surface area (TPSA) is 48.7 Å². The Bertz CT molecular complexity index is 697. The number of nitrogens with one attached hydrogen (secondary N) is 1. The third kappa shape index (κ3) is 2.71. The Labute approximate surface area is 126 Å². The standard InChI is InChI=1S/C18H21N3/c1-18(2)10-6-5-9-16(18)21-17-11-13(12-19)14-7-3-4-8-15(14)20-17/h3-4,7-8,11,16H,5-6,9-10H2,1-2H3,(H,20,21). The molecule has 108 valence electrons. The van der Waals surface area contributed by atoms with Crippen molar-refractivity contribution in [2.24, 2.45) is 5.41 Å². The Balaban J connectivity index is 1.96. The first kappa shape index (κ1) is 13.9. The zero-order valence-electron chi connectivity index (χ0n) is 12.7. The van der Waals surface area contributed by atoms with Gasteiger partial charge in [0.25, 0.3) is 0 Å². The summed E-state index contributed by atoms with van der Waals surface area (Å²) in [5.41, 5.74) is 1.85. The van der Waals surface area contributed by atoms with Gasteiger partial charge in [-0.05, 0) is 30.4 Å². The summed E-state index contributed by atoms with van der Waals surface area (Å²) in [6, 6.07) is 12.4. The van der Waals surface area contributed by atoms with E-state index in [2.05, 4.69) is 30.2 Å². The molecule has 3 heteroatoms. The first-order valence-electron chi connectivity index (χ1n) is 7.66. The van der Waals surface area contributed by atoms with E-state index < -0.39 is 0 Å². The lowest BCUT2D eigenvalue weighted by Crippen LogP contribution is -2.39. The van der Waals surface area contributed by atoms with Crippen molar-refractivity contribution in [2.75, 3.05) is 5.32 Å². The Hall–Kier alpha value is -2.08. The molecule has 1 aromatic heterocycles. The molecule has 0 aliphatic heterocycles. The second kappa shape index (κ2) is 5.37. The molecule has 2 aromatic rings. The number of nitriles is 1. The molecule has 1 unspecified atom stereocenters. The van der Waals surface area contributed by atoms with E-state index in [0.717, 1.165) is 16.7 Å². The lowest BCUT2D eigenvalue weighted by atomic mass is 9.73. The monoisotopic (exact) mass is 279 g/mol. The van der Waals surface area contributed by atoms with E-state index in [-0.39, 0.29) is 5.41 Å². The van der Waals surface area contributed by atoms with Crippen LogP contribution in [0, 0.1) is 16.7 Å². The van der Waals surface area contributed by atoms with Gasteiger partial charge >= 0.3 is 0 Å². The second-order valence-corrected chi connectivity index (χ2v) is 6.62. The molecular weight excluding hydrogens is 258 g/mol. The summed E-state index contributed by atoms with van der Waals surface area (Å²) in [7, 11) is 0. The van der Waals surface area contributed by atoms with Crippen molar-refractivity contribution in [2.45, 2.75) is 45.6 Å². The molecule has 3 rings (SSSR count). The summed E-state index contributed by atoms with van der Waals surface area (Å²) >= 11 is 0. The van der Waals surface area contributed by atoms with Crippen molar-refractivity contribution in [3.8, 4) is 6.07 Å². The number of nitrogens with zero attached hydrogens (tertiary/aromatic N) is 2. The van der Waals surface area contributed by atoms with Gasteiger partial charge in [-0.3, -0.25) is 0 Å². The minimum atomic E-state index is 0.276. The summed E-state index contributed by atoms with van der Waals surface area (Å²) in [6.45, 7) is 4.63. The van der Waals surface area contributed by atoms with Gasteiger partial charge in [0.15, 0.2) is 0 Å². The molecule has 1 aromatic carbocycles. The minimum Gasteiger partial charge on any atom is -0.367 e. The second-order valence-electron chi connectivity index (χ2n) is 6.62. The van der Waals surface area contributed by atoms with Crippen LogP contribution in [-0.2, 0) is 0 Å². The van der Waals surface area contributed by atoms with E-state index in [4.69, 9.17) is 0 Å². The van der Waals surface area contributed by atoms with Gasteiger partial charge in [-0.2, -0.15) is 5.26 Å². The number of aromatic nitrogens is 1. The first-order valence-corrected chi connectivity index (χ1v) is 7.66. The molecule has 1 aliphatic rings. The zero-order valence-corrected chi connectivity index (χ0v) is 12.7. The van der Waals surface area contributed by atoms with E-state index >= 15 is 0 Å². The van der Waals surface area contributed by atoms with Gasteiger partial charge in [0, 0.05) is 11.4 Å². The number of benzene rings is 1. The van der Waals surface area contributed by atoms with Crippen LogP contribution in [-0.4, -0.2) is 11.0 Å². The maximum atomic E-state index is 9.36. The third-order valence-electron chi connectivity index (χ3n) is 4.67. The molecule has 1 fully saturated rings. The zero-order chi connectivity index (χ0) is 14.9. The molecule has 0 saturated heterocycles. The molecule has 21 heavy (non-hydrogen) atoms. The number of para-hydroxylation sites is 1. The van der Waals surface area contributed by atoms with Gasteiger partial charge in [0.1, 0.15) is 5.82 Å². The predicted molar refractivity (Wildman–Crippen MR) is 86.1 cm³/mol. The van der Waals surface area contributed by atoms with E-state index in [1.54, 1.807) is 0 Å². The number of hydrogen-bond donors (Lipinski definition) is 1. The highest BCUT2D eigenvalue weighted by molar-refractivity contribution is 5.86. The summed E-state index contributed by atoms with van der Waals surface area (Å²) < 4.78 is 0. The molecular formula is C18H21N3. The van der Waals surface area contributed by atoms with Crippen molar-refractivity contribution in [1.82, 2.24) is 4.98 Å². The van der Waals surface area contributed by atoms with Gasteiger partial charge < -0.3 is 5.32 Å². The van der Waals surface area contributed by atoms with E-state index in [0.29, 0.717) is 11.6 Å². The Kier molecular flexibility index (Phi) is 3.55. The molecule has 0 amide bonds. The third-order valence-corrected chi connectivity index (χ3v) is 4.67. The quantitative estimate of drug-likeness (QED) is 0.881. The molecule has 1 atom stereocenters. The molecule has 1 aliphatic carbocycles. The molecule has 0 spiro atoms. The highest BCUT2D eigenvalue weighted by atomic mass is 15.0. The van der Waals surface area contributed by atoms with Crippen LogP contribution in [0.3, 0.4) is 0 Å². The fourth-order valence-corrected chi connectivity index (χ4v) is 3.28. The number of hydrogen-bond acceptors (Lipinski definition) is 3. The van der Waals surface area contributed by atoms with Crippen LogP contribution in [0.4, 0.5) is 5.82 Å². The van der Waals surface area contributed by atoms with Crippen molar-refractivity contribution < 1.29 is 0 Å². The molecule has 1 N–H and O–H groups in total. The average Bonchev–Trinajstić information content (AvgIpc) is 2.48. The van der Waals surface area contributed by atoms with Crippen LogP contribution < -0.4 is 5.32 Å². The summed E-state index contributed by atoms with van der Waals surface area (Å²) in [6.07, 6.45) is 4.98. The van der Waals surface area contributed by atoms with E-state index in [9.17, 15) is 5.26 Å². The van der Waals surface area contributed by atoms with Crippen LogP contribution in [0.1, 0.15) is 45.1 Å². The van der Waals surface area contributed by atoms with Gasteiger partial charge in [-0.15, -0.1) is 0 Å². The number of fused-ring (bicyclic) bond motifs is 1. The maximum Gasteiger partial charge on any atom is 0.128 e. The van der Waals surface area contributed by atoms with E-state index in [1.165, 1.54) is 25.7 Å².